The van der Waals surface area contributed by atoms with E-state index < -0.39 is 30.4 Å². The number of aliphatic hydroxyl groups is 2. The first-order valence-corrected chi connectivity index (χ1v) is 10.6. The number of aliphatic hydroxyl groups excluding tert-OH is 2. The second-order valence-corrected chi connectivity index (χ2v) is 7.67. The number of fused-ring (bicyclic) bond motifs is 1. The third-order valence-corrected chi connectivity index (χ3v) is 5.46. The first kappa shape index (κ1) is 22.8. The van der Waals surface area contributed by atoms with E-state index in [9.17, 15) is 15.0 Å². The molecule has 3 aromatic rings. The molecule has 0 spiro atoms. The van der Waals surface area contributed by atoms with Crippen LogP contribution >= 0.6 is 0 Å². The summed E-state index contributed by atoms with van der Waals surface area (Å²) in [5.41, 5.74) is 1.57. The van der Waals surface area contributed by atoms with E-state index in [0.29, 0.717) is 11.5 Å². The fourth-order valence-corrected chi connectivity index (χ4v) is 3.60. The molecule has 4 atom stereocenters. The van der Waals surface area contributed by atoms with E-state index in [1.165, 1.54) is 0 Å². The number of aromatic nitrogens is 1. The lowest BCUT2D eigenvalue weighted by molar-refractivity contribution is -0.157. The van der Waals surface area contributed by atoms with Crippen LogP contribution in [0.25, 0.3) is 10.9 Å². The van der Waals surface area contributed by atoms with E-state index in [-0.39, 0.29) is 19.8 Å². The Labute approximate surface area is 190 Å². The molecule has 1 aliphatic rings. The fourth-order valence-electron chi connectivity index (χ4n) is 3.60. The van der Waals surface area contributed by atoms with Gasteiger partial charge in [-0.25, -0.2) is 4.79 Å². The number of amides is 1. The maximum absolute atomic E-state index is 12.1. The van der Waals surface area contributed by atoms with E-state index in [4.69, 9.17) is 18.9 Å². The van der Waals surface area contributed by atoms with Gasteiger partial charge >= 0.3 is 6.09 Å². The van der Waals surface area contributed by atoms with Crippen molar-refractivity contribution in [3.63, 3.8) is 0 Å². The largest absolute Gasteiger partial charge is 0.497 e. The van der Waals surface area contributed by atoms with Gasteiger partial charge in [0.05, 0.1) is 25.3 Å². The Kier molecular flexibility index (Phi) is 7.23. The molecule has 2 unspecified atom stereocenters. The summed E-state index contributed by atoms with van der Waals surface area (Å²) in [7, 11) is 1.58. The highest BCUT2D eigenvalue weighted by atomic mass is 16.6. The summed E-state index contributed by atoms with van der Waals surface area (Å²) in [6.45, 7) is 0.0946. The third kappa shape index (κ3) is 5.51. The summed E-state index contributed by atoms with van der Waals surface area (Å²) in [5.74, 6) is 1.21. The molecule has 174 valence electrons. The first-order valence-electron chi connectivity index (χ1n) is 10.6. The molecular formula is C24H26N2O7. The van der Waals surface area contributed by atoms with Crippen LogP contribution in [0.2, 0.25) is 0 Å². The standard InChI is InChI=1S/C24H26N2O7/c1-30-16-7-8-18-17(11-16)20(9-10-25-18)32-14-21-23(28)22(27)19(13-31-21)26-24(29)33-12-15-5-3-2-4-6-15/h2-11,19,21-23,27-28H,12-14H2,1H3,(H,26,29)/t19-,21+,22?,23?/m0/s1. The number of nitrogens with one attached hydrogen (secondary N) is 1. The lowest BCUT2D eigenvalue weighted by Gasteiger charge is -2.37. The van der Waals surface area contributed by atoms with Gasteiger partial charge in [-0.3, -0.25) is 4.98 Å². The summed E-state index contributed by atoms with van der Waals surface area (Å²) in [4.78, 5) is 16.4. The molecular weight excluding hydrogens is 428 g/mol. The molecule has 1 aromatic heterocycles. The van der Waals surface area contributed by atoms with Crippen LogP contribution < -0.4 is 14.8 Å². The van der Waals surface area contributed by atoms with Crippen molar-refractivity contribution < 1.29 is 34.0 Å². The minimum atomic E-state index is -1.26. The van der Waals surface area contributed by atoms with Gasteiger partial charge in [0.2, 0.25) is 0 Å². The van der Waals surface area contributed by atoms with Crippen molar-refractivity contribution in [1.29, 1.82) is 0 Å². The number of pyridine rings is 1. The highest BCUT2D eigenvalue weighted by Crippen LogP contribution is 2.28. The molecule has 3 N–H and O–H groups in total. The van der Waals surface area contributed by atoms with Gasteiger partial charge in [0.15, 0.2) is 0 Å². The molecule has 0 saturated carbocycles. The van der Waals surface area contributed by atoms with Gasteiger partial charge < -0.3 is 34.5 Å². The van der Waals surface area contributed by atoms with Crippen molar-refractivity contribution in [1.82, 2.24) is 10.3 Å². The molecule has 1 amide bonds. The van der Waals surface area contributed by atoms with E-state index in [1.54, 1.807) is 19.4 Å². The zero-order valence-electron chi connectivity index (χ0n) is 18.1. The Morgan fingerprint density at radius 3 is 2.76 bits per heavy atom. The normalized spacial score (nSPS) is 22.5. The number of alkyl carbamates (subject to hydrolysis) is 1. The average Bonchev–Trinajstić information content (AvgIpc) is 2.85. The fraction of sp³-hybridized carbons (Fsp3) is 0.333. The van der Waals surface area contributed by atoms with Crippen molar-refractivity contribution in [3.05, 3.63) is 66.4 Å². The van der Waals surface area contributed by atoms with Gasteiger partial charge in [-0.2, -0.15) is 0 Å². The predicted molar refractivity (Wildman–Crippen MR) is 119 cm³/mol. The van der Waals surface area contributed by atoms with Crippen LogP contribution in [0.3, 0.4) is 0 Å². The smallest absolute Gasteiger partial charge is 0.407 e. The molecule has 0 radical (unpaired) electrons. The molecule has 9 nitrogen and oxygen atoms in total. The lowest BCUT2D eigenvalue weighted by Crippen LogP contribution is -2.60. The van der Waals surface area contributed by atoms with Gasteiger partial charge in [0.25, 0.3) is 0 Å². The van der Waals surface area contributed by atoms with E-state index in [2.05, 4.69) is 10.3 Å². The minimum absolute atomic E-state index is 0.000274. The number of rotatable bonds is 7. The third-order valence-electron chi connectivity index (χ3n) is 5.46. The van der Waals surface area contributed by atoms with Crippen molar-refractivity contribution >= 4 is 17.0 Å². The quantitative estimate of drug-likeness (QED) is 0.496. The van der Waals surface area contributed by atoms with Crippen LogP contribution in [0.5, 0.6) is 11.5 Å². The average molecular weight is 454 g/mol. The van der Waals surface area contributed by atoms with Crippen LogP contribution in [0.1, 0.15) is 5.56 Å². The molecule has 9 heteroatoms. The number of carbonyl (C=O) groups is 1. The SMILES string of the molecule is COc1ccc2nccc(OC[C@H]3OC[C@H](NC(=O)OCc4ccccc4)C(O)C3O)c2c1. The summed E-state index contributed by atoms with van der Waals surface area (Å²) in [6.07, 6.45) is -2.37. The zero-order valence-corrected chi connectivity index (χ0v) is 18.1. The number of nitrogens with zero attached hydrogens (tertiary/aromatic N) is 1. The molecule has 4 rings (SSSR count). The van der Waals surface area contributed by atoms with E-state index >= 15 is 0 Å². The van der Waals surface area contributed by atoms with Crippen molar-refractivity contribution in [2.75, 3.05) is 20.3 Å². The first-order chi connectivity index (χ1) is 16.0. The Morgan fingerprint density at radius 2 is 1.97 bits per heavy atom. The molecule has 33 heavy (non-hydrogen) atoms. The monoisotopic (exact) mass is 454 g/mol. The highest BCUT2D eigenvalue weighted by molar-refractivity contribution is 5.86. The summed E-state index contributed by atoms with van der Waals surface area (Å²) in [5, 5.41) is 24.3. The summed E-state index contributed by atoms with van der Waals surface area (Å²) in [6, 6.07) is 15.6. The summed E-state index contributed by atoms with van der Waals surface area (Å²) >= 11 is 0. The van der Waals surface area contributed by atoms with Crippen molar-refractivity contribution in [2.45, 2.75) is 31.0 Å². The molecule has 2 heterocycles. The minimum Gasteiger partial charge on any atom is -0.497 e. The number of hydrogen-bond donors (Lipinski definition) is 3. The van der Waals surface area contributed by atoms with Crippen LogP contribution in [-0.2, 0) is 16.1 Å². The van der Waals surface area contributed by atoms with Gasteiger partial charge in [-0.05, 0) is 29.8 Å². The number of benzene rings is 2. The molecule has 2 aromatic carbocycles. The molecule has 0 aliphatic carbocycles. The number of hydrogen-bond acceptors (Lipinski definition) is 8. The van der Waals surface area contributed by atoms with E-state index in [1.807, 2.05) is 48.5 Å². The van der Waals surface area contributed by atoms with Crippen molar-refractivity contribution in [2.24, 2.45) is 0 Å². The van der Waals surface area contributed by atoms with E-state index in [0.717, 1.165) is 16.5 Å². The topological polar surface area (TPSA) is 119 Å². The summed E-state index contributed by atoms with van der Waals surface area (Å²) < 4.78 is 22.0. The van der Waals surface area contributed by atoms with Crippen LogP contribution in [0, 0.1) is 0 Å². The molecule has 1 saturated heterocycles. The molecule has 0 bridgehead atoms. The van der Waals surface area contributed by atoms with Gasteiger partial charge in [0, 0.05) is 11.6 Å². The highest BCUT2D eigenvalue weighted by Gasteiger charge is 2.39. The molecule has 1 fully saturated rings. The van der Waals surface area contributed by atoms with Crippen LogP contribution in [0.15, 0.2) is 60.8 Å². The Hall–Kier alpha value is -3.40. The molecule has 1 aliphatic heterocycles. The maximum Gasteiger partial charge on any atom is 0.407 e. The Morgan fingerprint density at radius 1 is 1.15 bits per heavy atom. The zero-order chi connectivity index (χ0) is 23.2. The van der Waals surface area contributed by atoms with Gasteiger partial charge in [-0.1, -0.05) is 30.3 Å². The number of ether oxygens (including phenoxy) is 4. The van der Waals surface area contributed by atoms with Crippen LogP contribution in [-0.4, -0.2) is 66.0 Å². The Balaban J connectivity index is 1.31. The van der Waals surface area contributed by atoms with Gasteiger partial charge in [0.1, 0.15) is 43.0 Å². The Bertz CT molecular complexity index is 1080. The maximum atomic E-state index is 12.1. The number of carbonyl (C=O) groups excluding carboxylic acids is 1. The predicted octanol–water partition coefficient (Wildman–Crippen LogP) is 2.04. The number of methoxy groups -OCH3 is 1. The van der Waals surface area contributed by atoms with Crippen LogP contribution in [0.4, 0.5) is 4.79 Å². The lowest BCUT2D eigenvalue weighted by atomic mass is 9.98. The second-order valence-electron chi connectivity index (χ2n) is 7.67. The van der Waals surface area contributed by atoms with Crippen molar-refractivity contribution in [3.8, 4) is 11.5 Å². The van der Waals surface area contributed by atoms with Gasteiger partial charge in [-0.15, -0.1) is 0 Å². The second kappa shape index (κ2) is 10.5.